The molecule has 0 aliphatic heterocycles. The van der Waals surface area contributed by atoms with Crippen LogP contribution in [0, 0.1) is 11.7 Å². The van der Waals surface area contributed by atoms with Gasteiger partial charge >= 0.3 is 5.97 Å². The molecule has 0 spiro atoms. The summed E-state index contributed by atoms with van der Waals surface area (Å²) in [5.74, 6) is -2.80. The van der Waals surface area contributed by atoms with Crippen LogP contribution >= 0.6 is 15.9 Å². The quantitative estimate of drug-likeness (QED) is 0.774. The first-order chi connectivity index (χ1) is 9.27. The van der Waals surface area contributed by atoms with Crippen molar-refractivity contribution < 1.29 is 22.7 Å². The Labute approximate surface area is 125 Å². The zero-order chi connectivity index (χ0) is 15.3. The van der Waals surface area contributed by atoms with Gasteiger partial charge in [-0.15, -0.1) is 0 Å². The maximum atomic E-state index is 13.6. The molecule has 0 amide bonds. The van der Waals surface area contributed by atoms with Crippen LogP contribution in [-0.2, 0) is 14.8 Å². The summed E-state index contributed by atoms with van der Waals surface area (Å²) in [6.07, 6.45) is 0.964. The van der Waals surface area contributed by atoms with E-state index in [1.54, 1.807) is 6.92 Å². The van der Waals surface area contributed by atoms with Crippen molar-refractivity contribution in [2.45, 2.75) is 24.7 Å². The molecular formula is C12H15BrFNO4S. The first-order valence-corrected chi connectivity index (χ1v) is 8.23. The second kappa shape index (κ2) is 7.14. The van der Waals surface area contributed by atoms with Crippen LogP contribution < -0.4 is 4.72 Å². The van der Waals surface area contributed by atoms with E-state index in [4.69, 9.17) is 5.11 Å². The van der Waals surface area contributed by atoms with Gasteiger partial charge < -0.3 is 5.11 Å². The van der Waals surface area contributed by atoms with Gasteiger partial charge in [-0.2, -0.15) is 0 Å². The van der Waals surface area contributed by atoms with Gasteiger partial charge in [-0.1, -0.05) is 29.3 Å². The second-order valence-electron chi connectivity index (χ2n) is 4.25. The molecular weight excluding hydrogens is 353 g/mol. The number of carboxylic acids is 1. The molecule has 0 bridgehead atoms. The fourth-order valence-electron chi connectivity index (χ4n) is 1.64. The number of sulfonamides is 1. The molecule has 112 valence electrons. The largest absolute Gasteiger partial charge is 0.481 e. The molecule has 8 heteroatoms. The van der Waals surface area contributed by atoms with Crippen molar-refractivity contribution in [3.8, 4) is 0 Å². The summed E-state index contributed by atoms with van der Waals surface area (Å²) in [4.78, 5) is 10.4. The van der Waals surface area contributed by atoms with Gasteiger partial charge in [-0.05, 0) is 24.6 Å². The summed E-state index contributed by atoms with van der Waals surface area (Å²) in [5.41, 5.74) is 0. The van der Waals surface area contributed by atoms with Crippen molar-refractivity contribution in [1.82, 2.24) is 4.72 Å². The number of hydrogen-bond acceptors (Lipinski definition) is 3. The van der Waals surface area contributed by atoms with E-state index in [1.165, 1.54) is 6.07 Å². The van der Waals surface area contributed by atoms with Crippen LogP contribution in [-0.4, -0.2) is 26.0 Å². The van der Waals surface area contributed by atoms with E-state index in [2.05, 4.69) is 20.7 Å². The summed E-state index contributed by atoms with van der Waals surface area (Å²) in [5, 5.41) is 8.95. The lowest BCUT2D eigenvalue weighted by Gasteiger charge is -2.13. The third kappa shape index (κ3) is 4.53. The zero-order valence-electron chi connectivity index (χ0n) is 10.8. The van der Waals surface area contributed by atoms with E-state index in [0.29, 0.717) is 17.3 Å². The van der Waals surface area contributed by atoms with Gasteiger partial charge in [-0.25, -0.2) is 17.5 Å². The molecule has 1 unspecified atom stereocenters. The maximum Gasteiger partial charge on any atom is 0.307 e. The minimum Gasteiger partial charge on any atom is -0.481 e. The van der Waals surface area contributed by atoms with Gasteiger partial charge in [0.25, 0.3) is 0 Å². The molecule has 5 nitrogen and oxygen atoms in total. The Hall–Kier alpha value is -0.990. The minimum atomic E-state index is -4.06. The van der Waals surface area contributed by atoms with Gasteiger partial charge in [-0.3, -0.25) is 4.79 Å². The summed E-state index contributed by atoms with van der Waals surface area (Å²) >= 11 is 3.03. The average molecular weight is 368 g/mol. The average Bonchev–Trinajstić information content (AvgIpc) is 2.33. The van der Waals surface area contributed by atoms with Crippen LogP contribution in [0.25, 0.3) is 0 Å². The highest BCUT2D eigenvalue weighted by atomic mass is 79.9. The molecule has 0 aliphatic rings. The van der Waals surface area contributed by atoms with Gasteiger partial charge in [0.2, 0.25) is 10.0 Å². The predicted molar refractivity (Wildman–Crippen MR) is 75.3 cm³/mol. The minimum absolute atomic E-state index is 0.263. The third-order valence-electron chi connectivity index (χ3n) is 2.69. The molecule has 0 aliphatic carbocycles. The van der Waals surface area contributed by atoms with E-state index in [0.717, 1.165) is 12.1 Å². The molecule has 0 fully saturated rings. The third-order valence-corrected chi connectivity index (χ3v) is 4.64. The van der Waals surface area contributed by atoms with E-state index in [-0.39, 0.29) is 6.54 Å². The standard InChI is InChI=1S/C12H15BrFNO4S/c1-2-3-8(12(16)17)7-15-20(18,19)11-5-4-9(13)6-10(11)14/h4-6,8,15H,2-3,7H2,1H3,(H,16,17). The number of nitrogens with one attached hydrogen (secondary N) is 1. The molecule has 0 radical (unpaired) electrons. The van der Waals surface area contributed by atoms with Crippen molar-refractivity contribution in [3.63, 3.8) is 0 Å². The number of halogens is 2. The molecule has 1 aromatic carbocycles. The van der Waals surface area contributed by atoms with Crippen molar-refractivity contribution in [3.05, 3.63) is 28.5 Å². The van der Waals surface area contributed by atoms with Crippen LogP contribution in [0.15, 0.2) is 27.6 Å². The fourth-order valence-corrected chi connectivity index (χ4v) is 3.11. The molecule has 2 N–H and O–H groups in total. The summed E-state index contributed by atoms with van der Waals surface area (Å²) in [6, 6.07) is 3.56. The molecule has 0 aromatic heterocycles. The lowest BCUT2D eigenvalue weighted by Crippen LogP contribution is -2.33. The number of rotatable bonds is 7. The lowest BCUT2D eigenvalue weighted by atomic mass is 10.1. The highest BCUT2D eigenvalue weighted by Gasteiger charge is 2.23. The van der Waals surface area contributed by atoms with Crippen molar-refractivity contribution >= 4 is 31.9 Å². The summed E-state index contributed by atoms with van der Waals surface area (Å²) in [7, 11) is -4.06. The van der Waals surface area contributed by atoms with Crippen LogP contribution in [0.4, 0.5) is 4.39 Å². The van der Waals surface area contributed by atoms with Gasteiger partial charge in [0, 0.05) is 11.0 Å². The Balaban J connectivity index is 2.87. The zero-order valence-corrected chi connectivity index (χ0v) is 13.2. The van der Waals surface area contributed by atoms with Gasteiger partial charge in [0.1, 0.15) is 10.7 Å². The van der Waals surface area contributed by atoms with E-state index in [1.807, 2.05) is 0 Å². The van der Waals surface area contributed by atoms with Crippen LogP contribution in [0.1, 0.15) is 19.8 Å². The van der Waals surface area contributed by atoms with Crippen molar-refractivity contribution in [2.75, 3.05) is 6.54 Å². The Bertz CT molecular complexity index is 591. The second-order valence-corrected chi connectivity index (χ2v) is 6.90. The van der Waals surface area contributed by atoms with Crippen LogP contribution in [0.2, 0.25) is 0 Å². The molecule has 20 heavy (non-hydrogen) atoms. The normalized spacial score (nSPS) is 13.2. The topological polar surface area (TPSA) is 83.5 Å². The van der Waals surface area contributed by atoms with Crippen molar-refractivity contribution in [1.29, 1.82) is 0 Å². The Morgan fingerprint density at radius 3 is 2.65 bits per heavy atom. The summed E-state index contributed by atoms with van der Waals surface area (Å²) in [6.45, 7) is 1.54. The maximum absolute atomic E-state index is 13.6. The molecule has 0 saturated carbocycles. The number of aliphatic carboxylic acids is 1. The molecule has 1 aromatic rings. The molecule has 1 atom stereocenters. The van der Waals surface area contributed by atoms with E-state index < -0.39 is 32.6 Å². The van der Waals surface area contributed by atoms with Crippen LogP contribution in [0.3, 0.4) is 0 Å². The summed E-state index contributed by atoms with van der Waals surface area (Å²) < 4.78 is 40.0. The van der Waals surface area contributed by atoms with E-state index >= 15 is 0 Å². The number of carboxylic acid groups (broad SMARTS) is 1. The Kier molecular flexibility index (Phi) is 6.09. The smallest absolute Gasteiger partial charge is 0.307 e. The SMILES string of the molecule is CCCC(CNS(=O)(=O)c1ccc(Br)cc1F)C(=O)O. The molecule has 0 heterocycles. The van der Waals surface area contributed by atoms with Crippen molar-refractivity contribution in [2.24, 2.45) is 5.92 Å². The van der Waals surface area contributed by atoms with Gasteiger partial charge in [0.15, 0.2) is 0 Å². The number of carbonyl (C=O) groups is 1. The number of hydrogen-bond donors (Lipinski definition) is 2. The monoisotopic (exact) mass is 367 g/mol. The van der Waals surface area contributed by atoms with Crippen LogP contribution in [0.5, 0.6) is 0 Å². The highest BCUT2D eigenvalue weighted by molar-refractivity contribution is 9.10. The first-order valence-electron chi connectivity index (χ1n) is 5.95. The molecule has 1 rings (SSSR count). The fraction of sp³-hybridized carbons (Fsp3) is 0.417. The lowest BCUT2D eigenvalue weighted by molar-refractivity contribution is -0.141. The first kappa shape index (κ1) is 17.1. The van der Waals surface area contributed by atoms with E-state index in [9.17, 15) is 17.6 Å². The number of benzene rings is 1. The Morgan fingerprint density at radius 2 is 2.15 bits per heavy atom. The predicted octanol–water partition coefficient (Wildman–Crippen LogP) is 2.37. The Morgan fingerprint density at radius 1 is 1.50 bits per heavy atom. The van der Waals surface area contributed by atoms with Gasteiger partial charge in [0.05, 0.1) is 5.92 Å². The highest BCUT2D eigenvalue weighted by Crippen LogP contribution is 2.19. The molecule has 0 saturated heterocycles.